The van der Waals surface area contributed by atoms with Crippen molar-refractivity contribution in [1.29, 1.82) is 0 Å². The maximum absolute atomic E-state index is 12.9. The molecule has 2 aliphatic heterocycles. The van der Waals surface area contributed by atoms with E-state index < -0.39 is 5.41 Å². The van der Waals surface area contributed by atoms with Gasteiger partial charge in [0.2, 0.25) is 0 Å². The van der Waals surface area contributed by atoms with E-state index in [4.69, 9.17) is 18.9 Å². The number of rotatable bonds is 10. The monoisotopic (exact) mass is 496 g/mol. The Morgan fingerprint density at radius 1 is 0.972 bits per heavy atom. The SMILES string of the molecule is COc1ccc(COC(=O)C(C)(C)CN2C[C@@H]3OCCN(CC(=O)OCc4ccccc4)[C@@H]3C2)cc1. The fourth-order valence-electron chi connectivity index (χ4n) is 4.80. The van der Waals surface area contributed by atoms with Gasteiger partial charge in [0.1, 0.15) is 19.0 Å². The van der Waals surface area contributed by atoms with Crippen molar-refractivity contribution in [3.8, 4) is 5.75 Å². The van der Waals surface area contributed by atoms with Crippen molar-refractivity contribution in [3.63, 3.8) is 0 Å². The van der Waals surface area contributed by atoms with Crippen LogP contribution < -0.4 is 4.74 Å². The number of carbonyl (C=O) groups is 2. The number of hydrogen-bond donors (Lipinski definition) is 0. The van der Waals surface area contributed by atoms with Crippen molar-refractivity contribution in [2.45, 2.75) is 39.2 Å². The third-order valence-electron chi connectivity index (χ3n) is 6.77. The Balaban J connectivity index is 1.26. The first kappa shape index (κ1) is 26.1. The number of carbonyl (C=O) groups excluding carboxylic acids is 2. The van der Waals surface area contributed by atoms with Gasteiger partial charge in [-0.25, -0.2) is 0 Å². The van der Waals surface area contributed by atoms with Crippen molar-refractivity contribution >= 4 is 11.9 Å². The van der Waals surface area contributed by atoms with E-state index in [0.717, 1.165) is 30.0 Å². The van der Waals surface area contributed by atoms with Gasteiger partial charge >= 0.3 is 11.9 Å². The van der Waals surface area contributed by atoms with Gasteiger partial charge in [0.05, 0.1) is 37.8 Å². The van der Waals surface area contributed by atoms with E-state index in [-0.39, 0.29) is 43.8 Å². The van der Waals surface area contributed by atoms with E-state index in [9.17, 15) is 9.59 Å². The first-order valence-corrected chi connectivity index (χ1v) is 12.4. The van der Waals surface area contributed by atoms with Crippen LogP contribution in [-0.4, -0.2) is 80.3 Å². The summed E-state index contributed by atoms with van der Waals surface area (Å²) in [6.07, 6.45) is 0.00629. The van der Waals surface area contributed by atoms with E-state index >= 15 is 0 Å². The molecule has 2 fully saturated rings. The number of esters is 2. The minimum absolute atomic E-state index is 0.00629. The molecule has 2 aliphatic rings. The molecule has 2 saturated heterocycles. The number of hydrogen-bond acceptors (Lipinski definition) is 8. The lowest BCUT2D eigenvalue weighted by Gasteiger charge is -2.36. The van der Waals surface area contributed by atoms with Gasteiger partial charge in [-0.15, -0.1) is 0 Å². The van der Waals surface area contributed by atoms with Gasteiger partial charge in [0, 0.05) is 26.2 Å². The van der Waals surface area contributed by atoms with Crippen LogP contribution in [0.5, 0.6) is 5.75 Å². The fraction of sp³-hybridized carbons (Fsp3) is 0.500. The zero-order chi connectivity index (χ0) is 25.5. The molecule has 0 N–H and O–H groups in total. The van der Waals surface area contributed by atoms with E-state index in [2.05, 4.69) is 9.80 Å². The summed E-state index contributed by atoms with van der Waals surface area (Å²) < 4.78 is 22.3. The van der Waals surface area contributed by atoms with Crippen LogP contribution in [0.1, 0.15) is 25.0 Å². The molecule has 8 nitrogen and oxygen atoms in total. The number of nitrogens with zero attached hydrogens (tertiary/aromatic N) is 2. The van der Waals surface area contributed by atoms with E-state index in [1.54, 1.807) is 7.11 Å². The third-order valence-corrected chi connectivity index (χ3v) is 6.77. The van der Waals surface area contributed by atoms with E-state index in [0.29, 0.717) is 19.7 Å². The Labute approximate surface area is 213 Å². The highest BCUT2D eigenvalue weighted by atomic mass is 16.5. The molecule has 0 unspecified atom stereocenters. The van der Waals surface area contributed by atoms with Crippen molar-refractivity contribution in [2.24, 2.45) is 5.41 Å². The molecule has 2 aromatic rings. The number of likely N-dealkylation sites (tertiary alicyclic amines) is 1. The van der Waals surface area contributed by atoms with Gasteiger partial charge in [-0.2, -0.15) is 0 Å². The van der Waals surface area contributed by atoms with Crippen molar-refractivity contribution in [3.05, 3.63) is 65.7 Å². The molecule has 2 atom stereocenters. The summed E-state index contributed by atoms with van der Waals surface area (Å²) in [5.74, 6) is 0.289. The van der Waals surface area contributed by atoms with Crippen molar-refractivity contribution in [2.75, 3.05) is 46.4 Å². The smallest absolute Gasteiger partial charge is 0.320 e. The van der Waals surface area contributed by atoms with Crippen LogP contribution in [0.2, 0.25) is 0 Å². The first-order valence-electron chi connectivity index (χ1n) is 12.4. The highest BCUT2D eigenvalue weighted by molar-refractivity contribution is 5.76. The lowest BCUT2D eigenvalue weighted by molar-refractivity contribution is -0.156. The zero-order valence-electron chi connectivity index (χ0n) is 21.4. The van der Waals surface area contributed by atoms with Gasteiger partial charge in [-0.1, -0.05) is 42.5 Å². The molecule has 0 aliphatic carbocycles. The standard InChI is InChI=1S/C28H36N2O6/c1-28(2,27(32)36-19-22-9-11-23(33-3)12-10-22)20-29-15-24-25(16-29)34-14-13-30(24)17-26(31)35-18-21-7-5-4-6-8-21/h4-12,24-25H,13-20H2,1-3H3/t24-,25+/m1/s1. The molecule has 8 heteroatoms. The summed E-state index contributed by atoms with van der Waals surface area (Å²) in [6.45, 7) is 7.81. The van der Waals surface area contributed by atoms with Crippen LogP contribution in [0.25, 0.3) is 0 Å². The number of ether oxygens (including phenoxy) is 4. The van der Waals surface area contributed by atoms with Crippen LogP contribution in [0, 0.1) is 5.41 Å². The second kappa shape index (κ2) is 11.9. The lowest BCUT2D eigenvalue weighted by atomic mass is 9.93. The van der Waals surface area contributed by atoms with Gasteiger partial charge in [0.15, 0.2) is 0 Å². The predicted octanol–water partition coefficient (Wildman–Crippen LogP) is 2.89. The van der Waals surface area contributed by atoms with Gasteiger partial charge in [-0.3, -0.25) is 19.4 Å². The fourth-order valence-corrected chi connectivity index (χ4v) is 4.80. The molecule has 36 heavy (non-hydrogen) atoms. The van der Waals surface area contributed by atoms with Crippen LogP contribution >= 0.6 is 0 Å². The molecule has 194 valence electrons. The van der Waals surface area contributed by atoms with Crippen LogP contribution in [0.3, 0.4) is 0 Å². The first-order chi connectivity index (χ1) is 17.3. The largest absolute Gasteiger partial charge is 0.497 e. The molecule has 0 aromatic heterocycles. The normalized spacial score (nSPS) is 20.5. The number of methoxy groups -OCH3 is 1. The lowest BCUT2D eigenvalue weighted by Crippen LogP contribution is -2.52. The molecular formula is C28H36N2O6. The Kier molecular flexibility index (Phi) is 8.61. The minimum atomic E-state index is -0.681. The zero-order valence-corrected chi connectivity index (χ0v) is 21.4. The third kappa shape index (κ3) is 6.84. The molecule has 0 saturated carbocycles. The summed E-state index contributed by atoms with van der Waals surface area (Å²) >= 11 is 0. The maximum atomic E-state index is 12.9. The predicted molar refractivity (Wildman–Crippen MR) is 134 cm³/mol. The minimum Gasteiger partial charge on any atom is -0.497 e. The summed E-state index contributed by atoms with van der Waals surface area (Å²) in [5.41, 5.74) is 1.20. The molecule has 0 amide bonds. The summed E-state index contributed by atoms with van der Waals surface area (Å²) in [7, 11) is 1.62. The average molecular weight is 497 g/mol. The Hall–Kier alpha value is -2.94. The number of morpholine rings is 1. The van der Waals surface area contributed by atoms with Crippen LogP contribution in [0.4, 0.5) is 0 Å². The molecule has 4 rings (SSSR count). The quantitative estimate of drug-likeness (QED) is 0.465. The summed E-state index contributed by atoms with van der Waals surface area (Å²) in [5, 5.41) is 0. The Morgan fingerprint density at radius 2 is 1.67 bits per heavy atom. The van der Waals surface area contributed by atoms with Crippen molar-refractivity contribution in [1.82, 2.24) is 9.80 Å². The molecule has 2 heterocycles. The second-order valence-corrected chi connectivity index (χ2v) is 10.1. The topological polar surface area (TPSA) is 77.5 Å². The maximum Gasteiger partial charge on any atom is 0.320 e. The highest BCUT2D eigenvalue weighted by Crippen LogP contribution is 2.28. The van der Waals surface area contributed by atoms with Crippen LogP contribution in [-0.2, 0) is 37.0 Å². The van der Waals surface area contributed by atoms with Gasteiger partial charge < -0.3 is 18.9 Å². The Morgan fingerprint density at radius 3 is 2.39 bits per heavy atom. The highest BCUT2D eigenvalue weighted by Gasteiger charge is 2.43. The van der Waals surface area contributed by atoms with Gasteiger partial charge in [0.25, 0.3) is 0 Å². The molecular weight excluding hydrogens is 460 g/mol. The number of benzene rings is 2. The molecule has 0 radical (unpaired) electrons. The van der Waals surface area contributed by atoms with E-state index in [1.165, 1.54) is 0 Å². The summed E-state index contributed by atoms with van der Waals surface area (Å²) in [6, 6.07) is 17.3. The Bertz CT molecular complexity index is 1010. The second-order valence-electron chi connectivity index (χ2n) is 10.1. The average Bonchev–Trinajstić information content (AvgIpc) is 3.29. The molecule has 0 bridgehead atoms. The van der Waals surface area contributed by atoms with E-state index in [1.807, 2.05) is 68.4 Å². The molecule has 0 spiro atoms. The van der Waals surface area contributed by atoms with Crippen molar-refractivity contribution < 1.29 is 28.5 Å². The molecule has 2 aromatic carbocycles. The number of fused-ring (bicyclic) bond motifs is 1. The van der Waals surface area contributed by atoms with Gasteiger partial charge in [-0.05, 0) is 37.1 Å². The van der Waals surface area contributed by atoms with Crippen LogP contribution in [0.15, 0.2) is 54.6 Å². The summed E-state index contributed by atoms with van der Waals surface area (Å²) in [4.78, 5) is 29.8.